The van der Waals surface area contributed by atoms with E-state index in [4.69, 9.17) is 10.5 Å². The van der Waals surface area contributed by atoms with Crippen LogP contribution in [0.15, 0.2) is 29.3 Å². The molecule has 0 aromatic heterocycles. The van der Waals surface area contributed by atoms with Crippen LogP contribution in [-0.4, -0.2) is 24.8 Å². The molecule has 1 rings (SSSR count). The lowest BCUT2D eigenvalue weighted by molar-refractivity contribution is -0.106. The molecule has 0 aliphatic rings. The van der Waals surface area contributed by atoms with Crippen molar-refractivity contribution in [3.8, 4) is 0 Å². The van der Waals surface area contributed by atoms with Crippen LogP contribution in [0.2, 0.25) is 0 Å². The van der Waals surface area contributed by atoms with Gasteiger partial charge in [0, 0.05) is 5.56 Å². The quantitative estimate of drug-likeness (QED) is 0.369. The van der Waals surface area contributed by atoms with Gasteiger partial charge in [0.15, 0.2) is 0 Å². The first-order chi connectivity index (χ1) is 8.54. The number of amides is 1. The maximum Gasteiger partial charge on any atom is 0.338 e. The SMILES string of the molecule is CC(C)COC(=O)c1ccc(C(N)=NC=O)cc1. The van der Waals surface area contributed by atoms with E-state index in [2.05, 4.69) is 4.99 Å². The number of hydrogen-bond acceptors (Lipinski definition) is 3. The third kappa shape index (κ3) is 4.01. The van der Waals surface area contributed by atoms with E-state index in [1.807, 2.05) is 13.8 Å². The van der Waals surface area contributed by atoms with Gasteiger partial charge in [0.2, 0.25) is 6.41 Å². The molecule has 0 unspecified atom stereocenters. The van der Waals surface area contributed by atoms with Crippen LogP contribution >= 0.6 is 0 Å². The molecule has 0 aliphatic carbocycles. The van der Waals surface area contributed by atoms with Crippen LogP contribution in [0.5, 0.6) is 0 Å². The van der Waals surface area contributed by atoms with Crippen molar-refractivity contribution in [2.24, 2.45) is 16.6 Å². The highest BCUT2D eigenvalue weighted by atomic mass is 16.5. The van der Waals surface area contributed by atoms with Crippen molar-refractivity contribution < 1.29 is 14.3 Å². The normalized spacial score (nSPS) is 11.4. The van der Waals surface area contributed by atoms with Crippen molar-refractivity contribution in [1.29, 1.82) is 0 Å². The van der Waals surface area contributed by atoms with Gasteiger partial charge in [-0.1, -0.05) is 26.0 Å². The lowest BCUT2D eigenvalue weighted by atomic mass is 10.1. The molecule has 0 saturated carbocycles. The van der Waals surface area contributed by atoms with E-state index < -0.39 is 0 Å². The molecule has 0 bridgehead atoms. The Labute approximate surface area is 106 Å². The third-order valence-corrected chi connectivity index (χ3v) is 2.16. The predicted molar refractivity (Wildman–Crippen MR) is 68.4 cm³/mol. The Hall–Kier alpha value is -2.17. The van der Waals surface area contributed by atoms with Gasteiger partial charge in [-0.2, -0.15) is 4.99 Å². The highest BCUT2D eigenvalue weighted by Crippen LogP contribution is 2.07. The fourth-order valence-corrected chi connectivity index (χ4v) is 1.23. The van der Waals surface area contributed by atoms with Crippen LogP contribution in [0.1, 0.15) is 29.8 Å². The smallest absolute Gasteiger partial charge is 0.338 e. The molecule has 1 aromatic carbocycles. The highest BCUT2D eigenvalue weighted by Gasteiger charge is 2.08. The zero-order valence-corrected chi connectivity index (χ0v) is 10.4. The minimum Gasteiger partial charge on any atom is -0.462 e. The van der Waals surface area contributed by atoms with Crippen LogP contribution in [0.25, 0.3) is 0 Å². The standard InChI is InChI=1S/C13H16N2O3/c1-9(2)7-18-13(17)11-5-3-10(4-6-11)12(14)15-8-16/h3-6,8-9H,7H2,1-2H3,(H2,14,15,16). The summed E-state index contributed by atoms with van der Waals surface area (Å²) in [5.74, 6) is 0.0387. The number of nitrogens with two attached hydrogens (primary N) is 1. The van der Waals surface area contributed by atoms with E-state index in [-0.39, 0.29) is 11.8 Å². The van der Waals surface area contributed by atoms with Crippen molar-refractivity contribution in [1.82, 2.24) is 0 Å². The summed E-state index contributed by atoms with van der Waals surface area (Å²) in [4.78, 5) is 25.2. The summed E-state index contributed by atoms with van der Waals surface area (Å²) < 4.78 is 5.08. The summed E-state index contributed by atoms with van der Waals surface area (Å²) >= 11 is 0. The second kappa shape index (κ2) is 6.54. The molecule has 1 aromatic rings. The molecule has 5 nitrogen and oxygen atoms in total. The van der Waals surface area contributed by atoms with Crippen molar-refractivity contribution in [2.45, 2.75) is 13.8 Å². The minimum absolute atomic E-state index is 0.118. The molecule has 1 amide bonds. The van der Waals surface area contributed by atoms with Crippen LogP contribution in [-0.2, 0) is 9.53 Å². The van der Waals surface area contributed by atoms with E-state index in [0.29, 0.717) is 30.1 Å². The van der Waals surface area contributed by atoms with E-state index >= 15 is 0 Å². The van der Waals surface area contributed by atoms with Gasteiger partial charge in [0.1, 0.15) is 5.84 Å². The number of aliphatic imine (C=N–C) groups is 1. The number of benzene rings is 1. The lowest BCUT2D eigenvalue weighted by Crippen LogP contribution is -2.14. The number of carbonyl (C=O) groups is 2. The molecule has 0 aliphatic heterocycles. The molecule has 0 fully saturated rings. The Morgan fingerprint density at radius 2 is 1.89 bits per heavy atom. The van der Waals surface area contributed by atoms with Crippen molar-refractivity contribution >= 4 is 18.2 Å². The van der Waals surface area contributed by atoms with Crippen LogP contribution in [0, 0.1) is 5.92 Å². The summed E-state index contributed by atoms with van der Waals surface area (Å²) in [5.41, 5.74) is 6.56. The number of hydrogen-bond donors (Lipinski definition) is 1. The maximum atomic E-state index is 11.6. The molecule has 0 saturated heterocycles. The Morgan fingerprint density at radius 1 is 1.33 bits per heavy atom. The summed E-state index contributed by atoms with van der Waals surface area (Å²) in [5, 5.41) is 0. The Kier molecular flexibility index (Phi) is 5.05. The molecular formula is C13H16N2O3. The first-order valence-electron chi connectivity index (χ1n) is 5.59. The molecule has 0 atom stereocenters. The second-order valence-electron chi connectivity index (χ2n) is 4.19. The molecule has 96 valence electrons. The van der Waals surface area contributed by atoms with Gasteiger partial charge in [-0.15, -0.1) is 0 Å². The van der Waals surface area contributed by atoms with E-state index in [1.54, 1.807) is 24.3 Å². The Balaban J connectivity index is 2.73. The fraction of sp³-hybridized carbons (Fsp3) is 0.308. The molecule has 2 N–H and O–H groups in total. The number of carbonyl (C=O) groups excluding carboxylic acids is 2. The first kappa shape index (κ1) is 13.9. The average molecular weight is 248 g/mol. The van der Waals surface area contributed by atoms with Gasteiger partial charge in [-0.05, 0) is 18.1 Å². The topological polar surface area (TPSA) is 81.8 Å². The van der Waals surface area contributed by atoms with Crippen molar-refractivity contribution in [3.63, 3.8) is 0 Å². The largest absolute Gasteiger partial charge is 0.462 e. The van der Waals surface area contributed by atoms with Crippen LogP contribution in [0.4, 0.5) is 0 Å². The molecule has 0 heterocycles. The summed E-state index contributed by atoms with van der Waals surface area (Å²) in [6.45, 7) is 4.31. The molecular weight excluding hydrogens is 232 g/mol. The highest BCUT2D eigenvalue weighted by molar-refractivity contribution is 6.01. The van der Waals surface area contributed by atoms with Gasteiger partial charge in [0.05, 0.1) is 12.2 Å². The van der Waals surface area contributed by atoms with E-state index in [0.717, 1.165) is 0 Å². The fourth-order valence-electron chi connectivity index (χ4n) is 1.23. The maximum absolute atomic E-state index is 11.6. The minimum atomic E-state index is -0.374. The Bertz CT molecular complexity index is 450. The second-order valence-corrected chi connectivity index (χ2v) is 4.19. The van der Waals surface area contributed by atoms with Gasteiger partial charge in [0.25, 0.3) is 0 Å². The number of amidine groups is 1. The van der Waals surface area contributed by atoms with Crippen molar-refractivity contribution in [2.75, 3.05) is 6.61 Å². The monoisotopic (exact) mass is 248 g/mol. The zero-order chi connectivity index (χ0) is 13.5. The van der Waals surface area contributed by atoms with Crippen LogP contribution in [0.3, 0.4) is 0 Å². The predicted octanol–water partition coefficient (Wildman–Crippen LogP) is 1.36. The summed E-state index contributed by atoms with van der Waals surface area (Å²) in [6.07, 6.45) is 0.375. The zero-order valence-electron chi connectivity index (χ0n) is 10.4. The summed E-state index contributed by atoms with van der Waals surface area (Å²) in [7, 11) is 0. The number of ether oxygens (including phenoxy) is 1. The average Bonchev–Trinajstić information content (AvgIpc) is 2.36. The van der Waals surface area contributed by atoms with Crippen molar-refractivity contribution in [3.05, 3.63) is 35.4 Å². The van der Waals surface area contributed by atoms with E-state index in [1.165, 1.54) is 0 Å². The van der Waals surface area contributed by atoms with Crippen LogP contribution < -0.4 is 5.73 Å². The summed E-state index contributed by atoms with van der Waals surface area (Å²) in [6, 6.07) is 6.42. The molecule has 5 heteroatoms. The molecule has 0 spiro atoms. The number of nitrogens with zero attached hydrogens (tertiary/aromatic N) is 1. The van der Waals surface area contributed by atoms with Gasteiger partial charge >= 0.3 is 5.97 Å². The van der Waals surface area contributed by atoms with Gasteiger partial charge in [-0.25, -0.2) is 4.79 Å². The lowest BCUT2D eigenvalue weighted by Gasteiger charge is -2.07. The molecule has 18 heavy (non-hydrogen) atoms. The van der Waals surface area contributed by atoms with E-state index in [9.17, 15) is 9.59 Å². The van der Waals surface area contributed by atoms with Gasteiger partial charge < -0.3 is 10.5 Å². The number of esters is 1. The third-order valence-electron chi connectivity index (χ3n) is 2.16. The van der Waals surface area contributed by atoms with Gasteiger partial charge in [-0.3, -0.25) is 4.79 Å². The Morgan fingerprint density at radius 3 is 2.39 bits per heavy atom. The molecule has 0 radical (unpaired) electrons. The number of rotatable bonds is 5. The first-order valence-corrected chi connectivity index (χ1v) is 5.59.